The van der Waals surface area contributed by atoms with Crippen LogP contribution in [-0.4, -0.2) is 26.4 Å². The Morgan fingerprint density at radius 3 is 2.88 bits per heavy atom. The highest BCUT2D eigenvalue weighted by molar-refractivity contribution is 5.95. The third-order valence-electron chi connectivity index (χ3n) is 4.25. The van der Waals surface area contributed by atoms with Gasteiger partial charge in [-0.1, -0.05) is 6.07 Å². The molecule has 0 aliphatic heterocycles. The highest BCUT2D eigenvalue weighted by Gasteiger charge is 2.16. The van der Waals surface area contributed by atoms with E-state index in [1.165, 1.54) is 4.57 Å². The van der Waals surface area contributed by atoms with Crippen molar-refractivity contribution in [3.63, 3.8) is 0 Å². The summed E-state index contributed by atoms with van der Waals surface area (Å²) in [7, 11) is 1.67. The first-order valence-corrected chi connectivity index (χ1v) is 7.85. The first-order valence-electron chi connectivity index (χ1n) is 7.85. The van der Waals surface area contributed by atoms with Gasteiger partial charge in [0, 0.05) is 43.8 Å². The van der Waals surface area contributed by atoms with Crippen molar-refractivity contribution < 1.29 is 4.79 Å². The van der Waals surface area contributed by atoms with Crippen LogP contribution in [-0.2, 0) is 13.5 Å². The Morgan fingerprint density at radius 1 is 1.29 bits per heavy atom. The largest absolute Gasteiger partial charge is 0.351 e. The molecule has 0 aromatic carbocycles. The summed E-state index contributed by atoms with van der Waals surface area (Å²) in [5, 5.41) is 2.84. The number of fused-ring (bicyclic) bond motifs is 1. The van der Waals surface area contributed by atoms with E-state index in [0.717, 1.165) is 17.0 Å². The Bertz CT molecular complexity index is 969. The van der Waals surface area contributed by atoms with Crippen LogP contribution in [0, 0.1) is 13.8 Å². The van der Waals surface area contributed by atoms with Crippen molar-refractivity contribution in [3.8, 4) is 0 Å². The van der Waals surface area contributed by atoms with Crippen LogP contribution in [0.3, 0.4) is 0 Å². The van der Waals surface area contributed by atoms with Gasteiger partial charge < -0.3 is 14.3 Å². The summed E-state index contributed by atoms with van der Waals surface area (Å²) in [6.45, 7) is 4.08. The number of carbonyl (C=O) groups is 1. The van der Waals surface area contributed by atoms with E-state index < -0.39 is 0 Å². The van der Waals surface area contributed by atoms with Crippen LogP contribution in [0.5, 0.6) is 0 Å². The predicted molar refractivity (Wildman–Crippen MR) is 92.4 cm³/mol. The van der Waals surface area contributed by atoms with Gasteiger partial charge in [0.1, 0.15) is 11.2 Å². The van der Waals surface area contributed by atoms with Gasteiger partial charge in [-0.2, -0.15) is 0 Å². The molecule has 3 heterocycles. The molecule has 0 aliphatic rings. The van der Waals surface area contributed by atoms with Crippen molar-refractivity contribution in [1.29, 1.82) is 0 Å². The molecule has 6 nitrogen and oxygen atoms in total. The predicted octanol–water partition coefficient (Wildman–Crippen LogP) is 1.62. The van der Waals surface area contributed by atoms with E-state index in [4.69, 9.17) is 0 Å². The van der Waals surface area contributed by atoms with E-state index in [9.17, 15) is 9.59 Å². The SMILES string of the molecule is Cc1cc(C)n(C)c(=O)c1C(=O)NCCc1cnc2ccccn12. The summed E-state index contributed by atoms with van der Waals surface area (Å²) >= 11 is 0. The van der Waals surface area contributed by atoms with E-state index in [1.807, 2.05) is 41.8 Å². The second-order valence-corrected chi connectivity index (χ2v) is 5.89. The number of imidazole rings is 1. The lowest BCUT2D eigenvalue weighted by atomic mass is 10.1. The number of nitrogens with zero attached hydrogens (tertiary/aromatic N) is 3. The van der Waals surface area contributed by atoms with Crippen LogP contribution < -0.4 is 10.9 Å². The van der Waals surface area contributed by atoms with E-state index >= 15 is 0 Å². The van der Waals surface area contributed by atoms with Gasteiger partial charge in [0.25, 0.3) is 11.5 Å². The monoisotopic (exact) mass is 324 g/mol. The van der Waals surface area contributed by atoms with Crippen molar-refractivity contribution >= 4 is 11.6 Å². The summed E-state index contributed by atoms with van der Waals surface area (Å²) in [5.74, 6) is -0.332. The van der Waals surface area contributed by atoms with E-state index in [2.05, 4.69) is 10.3 Å². The van der Waals surface area contributed by atoms with Crippen molar-refractivity contribution in [2.75, 3.05) is 6.54 Å². The maximum absolute atomic E-state index is 12.4. The molecule has 0 saturated heterocycles. The summed E-state index contributed by atoms with van der Waals surface area (Å²) < 4.78 is 3.48. The molecule has 1 amide bonds. The Labute approximate surface area is 139 Å². The molecule has 3 aromatic rings. The maximum Gasteiger partial charge on any atom is 0.263 e. The van der Waals surface area contributed by atoms with Gasteiger partial charge in [-0.05, 0) is 37.6 Å². The minimum Gasteiger partial charge on any atom is -0.351 e. The Hall–Kier alpha value is -2.89. The summed E-state index contributed by atoms with van der Waals surface area (Å²) in [4.78, 5) is 29.0. The van der Waals surface area contributed by atoms with Gasteiger partial charge in [-0.3, -0.25) is 9.59 Å². The van der Waals surface area contributed by atoms with Crippen molar-refractivity contribution in [2.24, 2.45) is 7.05 Å². The molecule has 0 saturated carbocycles. The highest BCUT2D eigenvalue weighted by Crippen LogP contribution is 2.07. The van der Waals surface area contributed by atoms with Crippen LogP contribution in [0.2, 0.25) is 0 Å². The average molecular weight is 324 g/mol. The van der Waals surface area contributed by atoms with E-state index in [1.54, 1.807) is 20.2 Å². The van der Waals surface area contributed by atoms with Crippen LogP contribution in [0.15, 0.2) is 41.5 Å². The summed E-state index contributed by atoms with van der Waals surface area (Å²) in [6, 6.07) is 7.65. The number of amides is 1. The molecule has 124 valence electrons. The third kappa shape index (κ3) is 2.82. The zero-order chi connectivity index (χ0) is 17.3. The molecule has 0 unspecified atom stereocenters. The molecular weight excluding hydrogens is 304 g/mol. The number of hydrogen-bond donors (Lipinski definition) is 1. The van der Waals surface area contributed by atoms with Gasteiger partial charge in [-0.15, -0.1) is 0 Å². The van der Waals surface area contributed by atoms with Crippen molar-refractivity contribution in [3.05, 3.63) is 69.5 Å². The number of aromatic nitrogens is 3. The smallest absolute Gasteiger partial charge is 0.263 e. The maximum atomic E-state index is 12.4. The zero-order valence-corrected chi connectivity index (χ0v) is 14.0. The van der Waals surface area contributed by atoms with Crippen molar-refractivity contribution in [2.45, 2.75) is 20.3 Å². The third-order valence-corrected chi connectivity index (χ3v) is 4.25. The number of pyridine rings is 2. The van der Waals surface area contributed by atoms with E-state index in [-0.39, 0.29) is 17.0 Å². The molecule has 1 N–H and O–H groups in total. The van der Waals surface area contributed by atoms with Gasteiger partial charge >= 0.3 is 0 Å². The van der Waals surface area contributed by atoms with E-state index in [0.29, 0.717) is 18.5 Å². The van der Waals surface area contributed by atoms with Crippen LogP contribution in [0.4, 0.5) is 0 Å². The van der Waals surface area contributed by atoms with Crippen LogP contribution >= 0.6 is 0 Å². The molecule has 0 atom stereocenters. The van der Waals surface area contributed by atoms with Gasteiger partial charge in [0.05, 0.1) is 0 Å². The minimum absolute atomic E-state index is 0.209. The average Bonchev–Trinajstić information content (AvgIpc) is 2.96. The molecule has 0 bridgehead atoms. The molecule has 0 aliphatic carbocycles. The fourth-order valence-corrected chi connectivity index (χ4v) is 2.82. The lowest BCUT2D eigenvalue weighted by Gasteiger charge is -2.11. The minimum atomic E-state index is -0.332. The number of carbonyl (C=O) groups excluding carboxylic acids is 1. The van der Waals surface area contributed by atoms with Crippen LogP contribution in [0.1, 0.15) is 27.3 Å². The number of hydrogen-bond acceptors (Lipinski definition) is 3. The van der Waals surface area contributed by atoms with Gasteiger partial charge in [0.15, 0.2) is 0 Å². The Kier molecular flexibility index (Phi) is 4.20. The second kappa shape index (κ2) is 6.31. The number of rotatable bonds is 4. The Morgan fingerprint density at radius 2 is 2.08 bits per heavy atom. The number of aryl methyl sites for hydroxylation is 2. The molecular formula is C18H20N4O2. The lowest BCUT2D eigenvalue weighted by Crippen LogP contribution is -2.35. The number of nitrogens with one attached hydrogen (secondary N) is 1. The molecule has 0 fully saturated rings. The summed E-state index contributed by atoms with van der Waals surface area (Å²) in [5.41, 5.74) is 3.37. The van der Waals surface area contributed by atoms with Crippen LogP contribution in [0.25, 0.3) is 5.65 Å². The first kappa shape index (κ1) is 16.0. The zero-order valence-electron chi connectivity index (χ0n) is 14.0. The second-order valence-electron chi connectivity index (χ2n) is 5.89. The topological polar surface area (TPSA) is 68.4 Å². The van der Waals surface area contributed by atoms with Crippen molar-refractivity contribution in [1.82, 2.24) is 19.3 Å². The standard InChI is InChI=1S/C18H20N4O2/c1-12-10-13(2)21(3)18(24)16(12)17(23)19-8-7-14-11-20-15-6-4-5-9-22(14)15/h4-6,9-11H,7-8H2,1-3H3,(H,19,23). The molecule has 0 spiro atoms. The first-order chi connectivity index (χ1) is 11.5. The molecule has 3 rings (SSSR count). The fraction of sp³-hybridized carbons (Fsp3) is 0.278. The van der Waals surface area contributed by atoms with Gasteiger partial charge in [0.2, 0.25) is 0 Å². The fourth-order valence-electron chi connectivity index (χ4n) is 2.82. The molecule has 6 heteroatoms. The normalized spacial score (nSPS) is 11.0. The summed E-state index contributed by atoms with van der Waals surface area (Å²) in [6.07, 6.45) is 4.39. The molecule has 3 aromatic heterocycles. The molecule has 24 heavy (non-hydrogen) atoms. The van der Waals surface area contributed by atoms with Gasteiger partial charge in [-0.25, -0.2) is 4.98 Å². The highest BCUT2D eigenvalue weighted by atomic mass is 16.2. The lowest BCUT2D eigenvalue weighted by molar-refractivity contribution is 0.0951. The molecule has 0 radical (unpaired) electrons. The quantitative estimate of drug-likeness (QED) is 0.793. The Balaban J connectivity index is 1.73.